The van der Waals surface area contributed by atoms with Crippen molar-refractivity contribution in [1.82, 2.24) is 14.9 Å². The van der Waals surface area contributed by atoms with Crippen LogP contribution in [0.1, 0.15) is 40.1 Å². The number of nitrogens with one attached hydrogen (secondary N) is 1. The third-order valence-corrected chi connectivity index (χ3v) is 6.65. The summed E-state index contributed by atoms with van der Waals surface area (Å²) in [6.45, 7) is 3.05. The number of fused-ring (bicyclic) bond motifs is 1. The summed E-state index contributed by atoms with van der Waals surface area (Å²) in [7, 11) is 0. The molecule has 3 heterocycles. The van der Waals surface area contributed by atoms with Gasteiger partial charge in [-0.2, -0.15) is 0 Å². The van der Waals surface area contributed by atoms with E-state index in [0.717, 1.165) is 29.9 Å². The Kier molecular flexibility index (Phi) is 6.11. The van der Waals surface area contributed by atoms with E-state index in [4.69, 9.17) is 0 Å². The second kappa shape index (κ2) is 9.33. The van der Waals surface area contributed by atoms with Crippen molar-refractivity contribution in [3.8, 4) is 11.3 Å². The van der Waals surface area contributed by atoms with Crippen LogP contribution in [0.4, 0.5) is 13.9 Å². The minimum absolute atomic E-state index is 0.0612. The highest BCUT2D eigenvalue weighted by atomic mass is 32.1. The zero-order chi connectivity index (χ0) is 22.8. The molecule has 8 heteroatoms. The fourth-order valence-corrected chi connectivity index (χ4v) is 4.94. The molecule has 1 N–H and O–H groups in total. The summed E-state index contributed by atoms with van der Waals surface area (Å²) < 4.78 is 26.3. The van der Waals surface area contributed by atoms with Gasteiger partial charge in [-0.3, -0.25) is 15.0 Å². The number of alkyl halides is 2. The number of aromatic nitrogens is 2. The first kappa shape index (κ1) is 21.6. The molecule has 1 aliphatic heterocycles. The number of amides is 1. The Morgan fingerprint density at radius 3 is 2.73 bits per heavy atom. The van der Waals surface area contributed by atoms with Crippen LogP contribution in [-0.2, 0) is 6.54 Å². The lowest BCUT2D eigenvalue weighted by Crippen LogP contribution is -2.17. The van der Waals surface area contributed by atoms with Crippen molar-refractivity contribution >= 4 is 33.3 Å². The first-order valence-corrected chi connectivity index (χ1v) is 11.6. The molecule has 0 bridgehead atoms. The number of carbonyl (C=O) groups excluding carboxylic acids is 1. The molecule has 2 aromatic heterocycles. The van der Waals surface area contributed by atoms with Crippen LogP contribution >= 0.6 is 11.3 Å². The number of hydrogen-bond donors (Lipinski definition) is 1. The number of nitrogens with zero attached hydrogens (tertiary/aromatic N) is 3. The maximum absolute atomic E-state index is 13.1. The quantitative estimate of drug-likeness (QED) is 0.372. The van der Waals surface area contributed by atoms with E-state index in [1.54, 1.807) is 30.3 Å². The van der Waals surface area contributed by atoms with Gasteiger partial charge >= 0.3 is 0 Å². The summed E-state index contributed by atoms with van der Waals surface area (Å²) in [5.41, 5.74) is 1.98. The van der Waals surface area contributed by atoms with Gasteiger partial charge in [-0.05, 0) is 44.1 Å². The maximum Gasteiger partial charge on any atom is 0.263 e. The van der Waals surface area contributed by atoms with Gasteiger partial charge < -0.3 is 0 Å². The summed E-state index contributed by atoms with van der Waals surface area (Å²) in [6.07, 6.45) is 1.71. The molecule has 33 heavy (non-hydrogen) atoms. The lowest BCUT2D eigenvalue weighted by atomic mass is 10.0. The van der Waals surface area contributed by atoms with E-state index >= 15 is 0 Å². The van der Waals surface area contributed by atoms with Crippen molar-refractivity contribution < 1.29 is 13.6 Å². The molecular formula is C25H22F2N4OS. The number of rotatable bonds is 6. The highest BCUT2D eigenvalue weighted by Gasteiger charge is 2.17. The number of hydrogen-bond acceptors (Lipinski definition) is 5. The van der Waals surface area contributed by atoms with Crippen LogP contribution in [0.15, 0.2) is 60.8 Å². The van der Waals surface area contributed by atoms with E-state index < -0.39 is 6.43 Å². The van der Waals surface area contributed by atoms with E-state index in [9.17, 15) is 13.6 Å². The normalized spacial score (nSPS) is 14.3. The van der Waals surface area contributed by atoms with Crippen LogP contribution in [0.25, 0.3) is 22.2 Å². The number of para-hydroxylation sites is 1. The average molecular weight is 465 g/mol. The molecule has 0 spiro atoms. The molecule has 5 rings (SSSR count). The van der Waals surface area contributed by atoms with Gasteiger partial charge in [0.2, 0.25) is 0 Å². The Labute approximate surface area is 194 Å². The van der Waals surface area contributed by atoms with Crippen molar-refractivity contribution in [2.75, 3.05) is 18.4 Å². The fraction of sp³-hybridized carbons (Fsp3) is 0.240. The topological polar surface area (TPSA) is 58.1 Å². The zero-order valence-corrected chi connectivity index (χ0v) is 18.6. The van der Waals surface area contributed by atoms with Crippen LogP contribution in [-0.4, -0.2) is 33.9 Å². The van der Waals surface area contributed by atoms with Crippen molar-refractivity contribution in [3.63, 3.8) is 0 Å². The van der Waals surface area contributed by atoms with Gasteiger partial charge in [0.25, 0.3) is 12.3 Å². The number of pyridine rings is 1. The molecular weight excluding hydrogens is 442 g/mol. The van der Waals surface area contributed by atoms with Crippen LogP contribution < -0.4 is 5.32 Å². The summed E-state index contributed by atoms with van der Waals surface area (Å²) >= 11 is 1.48. The summed E-state index contributed by atoms with van der Waals surface area (Å²) in [4.78, 5) is 25.6. The fourth-order valence-electron chi connectivity index (χ4n) is 4.09. The Balaban J connectivity index is 1.41. The molecule has 0 aliphatic carbocycles. The van der Waals surface area contributed by atoms with E-state index in [1.807, 2.05) is 18.3 Å². The Morgan fingerprint density at radius 2 is 1.91 bits per heavy atom. The van der Waals surface area contributed by atoms with Gasteiger partial charge in [0.15, 0.2) is 5.13 Å². The number of thiazole rings is 1. The molecule has 1 fully saturated rings. The Morgan fingerprint density at radius 1 is 1.09 bits per heavy atom. The number of anilines is 1. The molecule has 5 nitrogen and oxygen atoms in total. The minimum atomic E-state index is -2.56. The number of likely N-dealkylation sites (tertiary alicyclic amines) is 1. The molecule has 4 aromatic rings. The molecule has 0 saturated carbocycles. The molecule has 1 aliphatic rings. The number of carbonyl (C=O) groups is 1. The van der Waals surface area contributed by atoms with Crippen molar-refractivity contribution in [2.45, 2.75) is 25.8 Å². The molecule has 168 valence electrons. The Hall–Kier alpha value is -3.23. The van der Waals surface area contributed by atoms with E-state index in [-0.39, 0.29) is 11.5 Å². The SMILES string of the molecule is O=C(Nc1ncc(CN2CCCC2)s1)c1cccc2ccc(-c3cccc(C(F)F)c3)nc12. The maximum atomic E-state index is 13.1. The molecule has 1 amide bonds. The molecule has 0 atom stereocenters. The van der Waals surface area contributed by atoms with Crippen molar-refractivity contribution in [1.29, 1.82) is 0 Å². The molecule has 0 radical (unpaired) electrons. The lowest BCUT2D eigenvalue weighted by molar-refractivity contribution is 0.102. The first-order chi connectivity index (χ1) is 16.1. The van der Waals surface area contributed by atoms with Crippen molar-refractivity contribution in [3.05, 3.63) is 76.8 Å². The van der Waals surface area contributed by atoms with Crippen LogP contribution in [0.5, 0.6) is 0 Å². The van der Waals surface area contributed by atoms with Gasteiger partial charge in [-0.1, -0.05) is 36.4 Å². The van der Waals surface area contributed by atoms with Crippen LogP contribution in [0.3, 0.4) is 0 Å². The van der Waals surface area contributed by atoms with E-state index in [1.165, 1.54) is 36.3 Å². The highest BCUT2D eigenvalue weighted by molar-refractivity contribution is 7.15. The number of halogens is 2. The second-order valence-corrected chi connectivity index (χ2v) is 9.18. The third kappa shape index (κ3) is 4.77. The molecule has 1 saturated heterocycles. The standard InChI is InChI=1S/C25H22F2N4OS/c26-23(27)18-7-3-6-17(13-18)21-10-9-16-5-4-8-20(22(16)29-21)24(32)30-25-28-14-19(33-25)15-31-11-1-2-12-31/h3-10,13-14,23H,1-2,11-12,15H2,(H,28,30,32). The number of benzene rings is 2. The van der Waals surface area contributed by atoms with Gasteiger partial charge in [0.05, 0.1) is 16.8 Å². The highest BCUT2D eigenvalue weighted by Crippen LogP contribution is 2.28. The van der Waals surface area contributed by atoms with Gasteiger partial charge in [0, 0.05) is 34.1 Å². The lowest BCUT2D eigenvalue weighted by Gasteiger charge is -2.11. The average Bonchev–Trinajstić information content (AvgIpc) is 3.51. The zero-order valence-electron chi connectivity index (χ0n) is 17.8. The monoisotopic (exact) mass is 464 g/mol. The summed E-state index contributed by atoms with van der Waals surface area (Å²) in [5, 5.41) is 4.23. The van der Waals surface area contributed by atoms with Gasteiger partial charge in [0.1, 0.15) is 0 Å². The largest absolute Gasteiger partial charge is 0.298 e. The predicted molar refractivity (Wildman–Crippen MR) is 127 cm³/mol. The molecule has 0 unspecified atom stereocenters. The van der Waals surface area contributed by atoms with Gasteiger partial charge in [-0.25, -0.2) is 18.7 Å². The van der Waals surface area contributed by atoms with E-state index in [2.05, 4.69) is 20.2 Å². The Bertz CT molecular complexity index is 1300. The van der Waals surface area contributed by atoms with Crippen LogP contribution in [0.2, 0.25) is 0 Å². The molecule has 2 aromatic carbocycles. The van der Waals surface area contributed by atoms with Crippen LogP contribution in [0, 0.1) is 0 Å². The minimum Gasteiger partial charge on any atom is -0.298 e. The second-order valence-electron chi connectivity index (χ2n) is 8.07. The van der Waals surface area contributed by atoms with Crippen molar-refractivity contribution in [2.24, 2.45) is 0 Å². The smallest absolute Gasteiger partial charge is 0.263 e. The van der Waals surface area contributed by atoms with E-state index in [0.29, 0.717) is 27.5 Å². The van der Waals surface area contributed by atoms with Gasteiger partial charge in [-0.15, -0.1) is 11.3 Å². The predicted octanol–water partition coefficient (Wildman–Crippen LogP) is 6.14. The third-order valence-electron chi connectivity index (χ3n) is 5.75. The summed E-state index contributed by atoms with van der Waals surface area (Å²) in [6, 6.07) is 15.2. The first-order valence-electron chi connectivity index (χ1n) is 10.8. The summed E-state index contributed by atoms with van der Waals surface area (Å²) in [5.74, 6) is -0.298.